The van der Waals surface area contributed by atoms with Gasteiger partial charge in [-0.3, -0.25) is 0 Å². The van der Waals surface area contributed by atoms with Gasteiger partial charge in [-0.05, 0) is 0 Å². The number of fused-ring (bicyclic) bond motifs is 2. The SMILES string of the molecule is CC1=Cc2c(-c3ccc(C(C)(C)C)cc3)cccc2[CH]1[Zr+2]([CH]1C(C(C)C)=Cc2c(-c3ccc(C(C)(C)C)cc3)cccc21)[SiH](C)C.[Cl-].[Cl-]. The van der Waals surface area contributed by atoms with Gasteiger partial charge in [-0.25, -0.2) is 0 Å². The Bertz CT molecular complexity index is 1820. The zero-order valence-corrected chi connectivity index (χ0v) is 35.9. The minimum absolute atomic E-state index is 0. The molecule has 2 aliphatic rings. The van der Waals surface area contributed by atoms with Gasteiger partial charge in [0.15, 0.2) is 0 Å². The van der Waals surface area contributed by atoms with Crippen LogP contribution in [0.2, 0.25) is 13.1 Å². The Morgan fingerprint density at radius 1 is 0.583 bits per heavy atom. The Labute approximate surface area is 312 Å². The van der Waals surface area contributed by atoms with Gasteiger partial charge in [0.05, 0.1) is 0 Å². The van der Waals surface area contributed by atoms with E-state index in [1.54, 1.807) is 22.3 Å². The first-order chi connectivity index (χ1) is 21.7. The summed E-state index contributed by atoms with van der Waals surface area (Å²) in [6.07, 6.45) is 5.21. The molecule has 0 heterocycles. The van der Waals surface area contributed by atoms with Crippen molar-refractivity contribution in [2.75, 3.05) is 0 Å². The first-order valence-electron chi connectivity index (χ1n) is 17.4. The Kier molecular flexibility index (Phi) is 11.9. The molecule has 0 saturated carbocycles. The van der Waals surface area contributed by atoms with Crippen molar-refractivity contribution in [3.8, 4) is 22.3 Å². The zero-order chi connectivity index (χ0) is 33.1. The molecular formula is C44H53Cl2SiZr. The van der Waals surface area contributed by atoms with Crippen LogP contribution in [0.1, 0.15) is 103 Å². The fourth-order valence-corrected chi connectivity index (χ4v) is 31.2. The van der Waals surface area contributed by atoms with Crippen molar-refractivity contribution >= 4 is 18.1 Å². The van der Waals surface area contributed by atoms with Gasteiger partial charge in [0.25, 0.3) is 0 Å². The minimum Gasteiger partial charge on any atom is -1.00 e. The number of hydrogen-bond acceptors (Lipinski definition) is 0. The molecule has 0 radical (unpaired) electrons. The van der Waals surface area contributed by atoms with Gasteiger partial charge in [-0.1, -0.05) is 0 Å². The molecule has 4 aromatic rings. The molecule has 0 N–H and O–H groups in total. The molecule has 0 fully saturated rings. The van der Waals surface area contributed by atoms with Crippen LogP contribution < -0.4 is 24.8 Å². The monoisotopic (exact) mass is 769 g/mol. The third-order valence-corrected chi connectivity index (χ3v) is 32.4. The molecule has 251 valence electrons. The largest absolute Gasteiger partial charge is 1.00 e. The Morgan fingerprint density at radius 3 is 1.40 bits per heavy atom. The van der Waals surface area contributed by atoms with Crippen molar-refractivity contribution in [2.24, 2.45) is 5.92 Å². The average Bonchev–Trinajstić information content (AvgIpc) is 3.54. The van der Waals surface area contributed by atoms with Gasteiger partial charge in [0.2, 0.25) is 0 Å². The second kappa shape index (κ2) is 14.7. The number of benzene rings is 4. The molecule has 4 heteroatoms. The summed E-state index contributed by atoms with van der Waals surface area (Å²) < 4.78 is 1.29. The normalized spacial score (nSPS) is 16.9. The summed E-state index contributed by atoms with van der Waals surface area (Å²) in [5.74, 6) is -0.393. The van der Waals surface area contributed by atoms with E-state index >= 15 is 0 Å². The van der Waals surface area contributed by atoms with Crippen molar-refractivity contribution in [1.29, 1.82) is 0 Å². The molecule has 0 aliphatic heterocycles. The number of allylic oxidation sites excluding steroid dienone is 2. The van der Waals surface area contributed by atoms with Crippen LogP contribution >= 0.6 is 0 Å². The van der Waals surface area contributed by atoms with Crippen molar-refractivity contribution in [1.82, 2.24) is 0 Å². The van der Waals surface area contributed by atoms with Crippen LogP contribution in [0, 0.1) is 5.92 Å². The molecule has 0 saturated heterocycles. The molecule has 2 aliphatic carbocycles. The first kappa shape index (κ1) is 38.8. The van der Waals surface area contributed by atoms with E-state index in [1.807, 2.05) is 0 Å². The Balaban J connectivity index is 0.00000260. The second-order valence-electron chi connectivity index (χ2n) is 16.5. The summed E-state index contributed by atoms with van der Waals surface area (Å²) in [6, 6.07) is 33.2. The number of halogens is 2. The zero-order valence-electron chi connectivity index (χ0n) is 30.8. The van der Waals surface area contributed by atoms with Crippen molar-refractivity contribution in [3.63, 3.8) is 0 Å². The fraction of sp³-hybridized carbons (Fsp3) is 0.364. The van der Waals surface area contributed by atoms with E-state index in [2.05, 4.69) is 172 Å². The second-order valence-corrected chi connectivity index (χ2v) is 36.5. The molecule has 2 atom stereocenters. The minimum atomic E-state index is -2.16. The van der Waals surface area contributed by atoms with Crippen LogP contribution in [0.4, 0.5) is 0 Å². The van der Waals surface area contributed by atoms with Crippen LogP contribution in [-0.4, -0.2) is 5.92 Å². The third kappa shape index (κ3) is 7.26. The summed E-state index contributed by atoms with van der Waals surface area (Å²) in [5, 5.41) is 0. The van der Waals surface area contributed by atoms with E-state index in [4.69, 9.17) is 0 Å². The summed E-state index contributed by atoms with van der Waals surface area (Å²) in [7, 11) is 0. The van der Waals surface area contributed by atoms with E-state index in [9.17, 15) is 0 Å². The average molecular weight is 772 g/mol. The number of rotatable bonds is 6. The molecule has 6 rings (SSSR count). The van der Waals surface area contributed by atoms with Crippen molar-refractivity contribution < 1.29 is 45.7 Å². The smallest absolute Gasteiger partial charge is 1.00 e. The van der Waals surface area contributed by atoms with Crippen LogP contribution in [0.15, 0.2) is 96.1 Å². The van der Waals surface area contributed by atoms with E-state index in [-0.39, 0.29) is 35.6 Å². The molecule has 0 nitrogen and oxygen atoms in total. The summed E-state index contributed by atoms with van der Waals surface area (Å²) in [4.78, 5) is 0. The van der Waals surface area contributed by atoms with Crippen LogP contribution in [-0.2, 0) is 31.7 Å². The van der Waals surface area contributed by atoms with Gasteiger partial charge in [0, 0.05) is 0 Å². The maximum absolute atomic E-state index is 2.68. The van der Waals surface area contributed by atoms with E-state index in [1.165, 1.54) is 44.5 Å². The summed E-state index contributed by atoms with van der Waals surface area (Å²) in [6.45, 7) is 26.5. The molecule has 0 aromatic heterocycles. The van der Waals surface area contributed by atoms with Crippen LogP contribution in [0.5, 0.6) is 0 Å². The van der Waals surface area contributed by atoms with Gasteiger partial charge >= 0.3 is 290 Å². The maximum Gasteiger partial charge on any atom is -1.00 e. The fourth-order valence-electron chi connectivity index (χ4n) is 7.93. The topological polar surface area (TPSA) is 0 Å². The standard InChI is InChI=1S/C22H25.C20H21.C2H7Si.2ClH.Zr/c1-15(2)18-13-17-7-6-8-20(21(17)14-18)16-9-11-19(12-10-16)22(3,4)5;1-14-12-16-6-5-7-18(19(16)13-14)15-8-10-17(11-9-15)20(2,3)4;1-3-2;;;/h6-15H,1-5H3;5-13H,1-4H3;3H,1-2H3;2*1H;/q;;;;;+2/p-2. The maximum atomic E-state index is 2.68. The van der Waals surface area contributed by atoms with E-state index < -0.39 is 26.8 Å². The summed E-state index contributed by atoms with van der Waals surface area (Å²) >= 11 is -2.16. The molecular weight excluding hydrogens is 719 g/mol. The van der Waals surface area contributed by atoms with Gasteiger partial charge in [-0.2, -0.15) is 0 Å². The van der Waals surface area contributed by atoms with Gasteiger partial charge in [0.1, 0.15) is 0 Å². The van der Waals surface area contributed by atoms with Gasteiger partial charge < -0.3 is 24.8 Å². The third-order valence-electron chi connectivity index (χ3n) is 10.5. The predicted octanol–water partition coefficient (Wildman–Crippen LogP) is 6.48. The number of hydrogen-bond donors (Lipinski definition) is 0. The van der Waals surface area contributed by atoms with Gasteiger partial charge in [-0.15, -0.1) is 0 Å². The van der Waals surface area contributed by atoms with Crippen LogP contribution in [0.25, 0.3) is 34.4 Å². The van der Waals surface area contributed by atoms with Crippen molar-refractivity contribution in [2.45, 2.75) is 93.5 Å². The molecule has 48 heavy (non-hydrogen) atoms. The summed E-state index contributed by atoms with van der Waals surface area (Å²) in [5.41, 5.74) is 18.2. The van der Waals surface area contributed by atoms with E-state index in [0.717, 1.165) is 0 Å². The molecule has 4 aromatic carbocycles. The molecule has 2 unspecified atom stereocenters. The van der Waals surface area contributed by atoms with E-state index in [0.29, 0.717) is 13.2 Å². The van der Waals surface area contributed by atoms with Crippen LogP contribution in [0.3, 0.4) is 0 Å². The quantitative estimate of drug-likeness (QED) is 0.197. The molecule has 0 amide bonds. The van der Waals surface area contributed by atoms with Crippen molar-refractivity contribution in [3.05, 3.63) is 129 Å². The Morgan fingerprint density at radius 2 is 1.00 bits per heavy atom. The first-order valence-corrected chi connectivity index (χ1v) is 27.4. The molecule has 0 spiro atoms. The Hall–Kier alpha value is -1.96. The predicted molar refractivity (Wildman–Crippen MR) is 202 cm³/mol. The molecule has 0 bridgehead atoms.